The van der Waals surface area contributed by atoms with Gasteiger partial charge in [-0.05, 0) is 52.6 Å². The van der Waals surface area contributed by atoms with Gasteiger partial charge < -0.3 is 14.5 Å². The Kier molecular flexibility index (Phi) is 8.13. The highest BCUT2D eigenvalue weighted by Gasteiger charge is 2.28. The zero-order valence-electron chi connectivity index (χ0n) is 21.4. The highest BCUT2D eigenvalue weighted by Crippen LogP contribution is 2.28. The minimum absolute atomic E-state index is 0.0231. The number of esters is 1. The van der Waals surface area contributed by atoms with Gasteiger partial charge in [-0.25, -0.2) is 4.79 Å². The number of hydrogen-bond donors (Lipinski definition) is 0. The maximum atomic E-state index is 13.4. The number of carbonyl (C=O) groups is 2. The van der Waals surface area contributed by atoms with Crippen molar-refractivity contribution in [1.29, 1.82) is 0 Å². The number of ether oxygens (including phenoxy) is 1. The number of hydrogen-bond acceptors (Lipinski definition) is 4. The number of methoxy groups -OCH3 is 1. The van der Waals surface area contributed by atoms with E-state index in [-0.39, 0.29) is 5.91 Å². The first-order valence-corrected chi connectivity index (χ1v) is 11.6. The van der Waals surface area contributed by atoms with Crippen molar-refractivity contribution in [1.82, 2.24) is 0 Å². The van der Waals surface area contributed by atoms with E-state index in [4.69, 9.17) is 0 Å². The summed E-state index contributed by atoms with van der Waals surface area (Å²) in [5.74, 6) is -0.399. The molecule has 3 aromatic carbocycles. The van der Waals surface area contributed by atoms with Crippen molar-refractivity contribution in [3.63, 3.8) is 0 Å². The van der Waals surface area contributed by atoms with Gasteiger partial charge >= 0.3 is 5.97 Å². The quantitative estimate of drug-likeness (QED) is 0.305. The van der Waals surface area contributed by atoms with Gasteiger partial charge in [0.15, 0.2) is 0 Å². The number of nitrogens with zero attached hydrogens (tertiary/aromatic N) is 2. The van der Waals surface area contributed by atoms with Gasteiger partial charge in [0.05, 0.1) is 13.7 Å². The van der Waals surface area contributed by atoms with Crippen molar-refractivity contribution in [2.24, 2.45) is 5.41 Å². The van der Waals surface area contributed by atoms with Crippen molar-refractivity contribution in [3.05, 3.63) is 90.0 Å². The van der Waals surface area contributed by atoms with Gasteiger partial charge in [0.25, 0.3) is 0 Å². The summed E-state index contributed by atoms with van der Waals surface area (Å²) in [6.07, 6.45) is 3.06. The molecule has 0 N–H and O–H groups in total. The van der Waals surface area contributed by atoms with Crippen LogP contribution >= 0.6 is 0 Å². The number of benzene rings is 3. The van der Waals surface area contributed by atoms with Crippen LogP contribution < -0.4 is 9.80 Å². The van der Waals surface area contributed by atoms with Crippen LogP contribution in [0.2, 0.25) is 0 Å². The normalized spacial score (nSPS) is 11.4. The molecular weight excluding hydrogens is 436 g/mol. The minimum Gasteiger partial charge on any atom is -0.466 e. The third-order valence-electron chi connectivity index (χ3n) is 5.69. The molecule has 5 heteroatoms. The zero-order chi connectivity index (χ0) is 25.6. The minimum atomic E-state index is -0.550. The second-order valence-corrected chi connectivity index (χ2v) is 9.73. The number of carbonyl (C=O) groups excluding carboxylic acids is 2. The fourth-order valence-electron chi connectivity index (χ4n) is 3.65. The zero-order valence-corrected chi connectivity index (χ0v) is 21.4. The van der Waals surface area contributed by atoms with E-state index < -0.39 is 11.4 Å². The SMILES string of the molecule is COC(=O)C=Cc1cccc(N(Cc2ccc(-c3ccc(N(C)C)cc3)cc2)C(=O)C(C)(C)C)c1. The third-order valence-corrected chi connectivity index (χ3v) is 5.69. The van der Waals surface area contributed by atoms with Crippen LogP contribution in [0.25, 0.3) is 17.2 Å². The Morgan fingerprint density at radius 2 is 1.46 bits per heavy atom. The first kappa shape index (κ1) is 25.8. The van der Waals surface area contributed by atoms with Crippen LogP contribution in [-0.2, 0) is 20.9 Å². The van der Waals surface area contributed by atoms with Crippen LogP contribution in [0.1, 0.15) is 31.9 Å². The van der Waals surface area contributed by atoms with Crippen LogP contribution in [0, 0.1) is 5.41 Å². The number of anilines is 2. The van der Waals surface area contributed by atoms with E-state index >= 15 is 0 Å². The Morgan fingerprint density at radius 3 is 2.00 bits per heavy atom. The largest absolute Gasteiger partial charge is 0.466 e. The first-order chi connectivity index (χ1) is 16.6. The molecule has 5 nitrogen and oxygen atoms in total. The molecule has 35 heavy (non-hydrogen) atoms. The van der Waals surface area contributed by atoms with E-state index in [0.29, 0.717) is 6.54 Å². The molecule has 0 aliphatic rings. The Morgan fingerprint density at radius 1 is 0.857 bits per heavy atom. The van der Waals surface area contributed by atoms with E-state index in [1.807, 2.05) is 59.1 Å². The molecule has 1 amide bonds. The maximum absolute atomic E-state index is 13.4. The lowest BCUT2D eigenvalue weighted by Gasteiger charge is -2.30. The molecule has 0 spiro atoms. The van der Waals surface area contributed by atoms with Gasteiger partial charge in [-0.1, -0.05) is 69.3 Å². The fourth-order valence-corrected chi connectivity index (χ4v) is 3.65. The summed E-state index contributed by atoms with van der Waals surface area (Å²) in [4.78, 5) is 28.8. The van der Waals surface area contributed by atoms with Gasteiger partial charge in [-0.2, -0.15) is 0 Å². The van der Waals surface area contributed by atoms with E-state index in [2.05, 4.69) is 58.2 Å². The van der Waals surface area contributed by atoms with Crippen LogP contribution in [-0.4, -0.2) is 33.1 Å². The molecule has 0 saturated heterocycles. The Bertz CT molecular complexity index is 1190. The van der Waals surface area contributed by atoms with Crippen molar-refractivity contribution in [2.75, 3.05) is 31.0 Å². The van der Waals surface area contributed by atoms with E-state index in [0.717, 1.165) is 33.6 Å². The molecule has 182 valence electrons. The van der Waals surface area contributed by atoms with Crippen molar-refractivity contribution in [3.8, 4) is 11.1 Å². The lowest BCUT2D eigenvalue weighted by Crippen LogP contribution is -2.39. The number of rotatable bonds is 7. The summed E-state index contributed by atoms with van der Waals surface area (Å²) >= 11 is 0. The average molecular weight is 471 g/mol. The van der Waals surface area contributed by atoms with Gasteiger partial charge in [0.1, 0.15) is 0 Å². The summed E-state index contributed by atoms with van der Waals surface area (Å²) in [5.41, 5.74) is 5.51. The Hall–Kier alpha value is -3.86. The predicted molar refractivity (Wildman–Crippen MR) is 144 cm³/mol. The molecule has 0 fully saturated rings. The maximum Gasteiger partial charge on any atom is 0.330 e. The standard InChI is InChI=1S/C30H34N2O3/c1-30(2,3)29(34)32(27-9-7-8-22(20-27)12-19-28(33)35-6)21-23-10-13-24(14-11-23)25-15-17-26(18-16-25)31(4)5/h7-20H,21H2,1-6H3. The van der Waals surface area contributed by atoms with E-state index in [1.54, 1.807) is 11.0 Å². The molecule has 3 rings (SSSR count). The topological polar surface area (TPSA) is 49.9 Å². The van der Waals surface area contributed by atoms with Gasteiger partial charge in [-0.3, -0.25) is 4.79 Å². The summed E-state index contributed by atoms with van der Waals surface area (Å²) in [7, 11) is 5.40. The Labute approximate surface area is 208 Å². The number of amides is 1. The molecule has 0 unspecified atom stereocenters. The summed E-state index contributed by atoms with van der Waals surface area (Å²) < 4.78 is 4.68. The summed E-state index contributed by atoms with van der Waals surface area (Å²) in [6, 6.07) is 24.4. The summed E-state index contributed by atoms with van der Waals surface area (Å²) in [6.45, 7) is 6.21. The molecule has 0 radical (unpaired) electrons. The van der Waals surface area contributed by atoms with E-state index in [9.17, 15) is 9.59 Å². The highest BCUT2D eigenvalue weighted by atomic mass is 16.5. The van der Waals surface area contributed by atoms with Gasteiger partial charge in [0.2, 0.25) is 5.91 Å². The second kappa shape index (κ2) is 11.0. The van der Waals surface area contributed by atoms with Crippen molar-refractivity contribution >= 4 is 29.3 Å². The molecule has 3 aromatic rings. The van der Waals surface area contributed by atoms with Crippen LogP contribution in [0.3, 0.4) is 0 Å². The predicted octanol–water partition coefficient (Wildman–Crippen LogP) is 6.19. The van der Waals surface area contributed by atoms with Gasteiger partial charge in [0, 0.05) is 37.0 Å². The molecule has 0 aliphatic carbocycles. The van der Waals surface area contributed by atoms with Crippen LogP contribution in [0.5, 0.6) is 0 Å². The fraction of sp³-hybridized carbons (Fsp3) is 0.267. The monoisotopic (exact) mass is 470 g/mol. The van der Waals surface area contributed by atoms with Crippen molar-refractivity contribution in [2.45, 2.75) is 27.3 Å². The molecular formula is C30H34N2O3. The lowest BCUT2D eigenvalue weighted by molar-refractivity contribution is -0.134. The third kappa shape index (κ3) is 6.82. The Balaban J connectivity index is 1.87. The van der Waals surface area contributed by atoms with E-state index in [1.165, 1.54) is 13.2 Å². The van der Waals surface area contributed by atoms with Crippen LogP contribution in [0.4, 0.5) is 11.4 Å². The van der Waals surface area contributed by atoms with Crippen molar-refractivity contribution < 1.29 is 14.3 Å². The molecule has 0 heterocycles. The molecule has 0 bridgehead atoms. The second-order valence-electron chi connectivity index (χ2n) is 9.73. The highest BCUT2D eigenvalue weighted by molar-refractivity contribution is 5.97. The molecule has 0 atom stereocenters. The van der Waals surface area contributed by atoms with Crippen LogP contribution in [0.15, 0.2) is 78.9 Å². The average Bonchev–Trinajstić information content (AvgIpc) is 2.85. The van der Waals surface area contributed by atoms with Gasteiger partial charge in [-0.15, -0.1) is 0 Å². The molecule has 0 aliphatic heterocycles. The molecule has 0 aromatic heterocycles. The lowest BCUT2D eigenvalue weighted by atomic mass is 9.93. The first-order valence-electron chi connectivity index (χ1n) is 11.6. The summed E-state index contributed by atoms with van der Waals surface area (Å²) in [5, 5.41) is 0. The smallest absolute Gasteiger partial charge is 0.330 e. The molecule has 0 saturated carbocycles.